The molecule has 2 rings (SSSR count). The van der Waals surface area contributed by atoms with Crippen LogP contribution in [0, 0.1) is 10.1 Å². The van der Waals surface area contributed by atoms with Gasteiger partial charge in [-0.05, 0) is 42.3 Å². The number of amides is 1. The van der Waals surface area contributed by atoms with Crippen molar-refractivity contribution >= 4 is 39.2 Å². The van der Waals surface area contributed by atoms with Gasteiger partial charge in [-0.15, -0.1) is 0 Å². The molecule has 8 nitrogen and oxygen atoms in total. The summed E-state index contributed by atoms with van der Waals surface area (Å²) in [5.41, 5.74) is 5.29. The molecule has 0 saturated carbocycles. The van der Waals surface area contributed by atoms with Crippen LogP contribution in [-0.4, -0.2) is 21.6 Å². The zero-order valence-electron chi connectivity index (χ0n) is 14.6. The second kappa shape index (κ2) is 7.69. The van der Waals surface area contributed by atoms with E-state index >= 15 is 0 Å². The molecule has 138 valence electrons. The molecule has 2 N–H and O–H groups in total. The summed E-state index contributed by atoms with van der Waals surface area (Å²) in [6.07, 6.45) is -0.720. The van der Waals surface area contributed by atoms with Crippen molar-refractivity contribution in [2.45, 2.75) is 32.9 Å². The highest BCUT2D eigenvalue weighted by Gasteiger charge is 2.31. The van der Waals surface area contributed by atoms with Crippen LogP contribution in [0.25, 0.3) is 0 Å². The molecule has 1 aromatic heterocycles. The largest absolute Gasteiger partial charge is 0.443 e. The number of hydrogen-bond donors (Lipinski definition) is 1. The molecule has 0 fully saturated rings. The van der Waals surface area contributed by atoms with Crippen LogP contribution in [0.1, 0.15) is 26.3 Å². The molecule has 0 radical (unpaired) electrons. The first-order chi connectivity index (χ1) is 12.1. The van der Waals surface area contributed by atoms with E-state index in [1.165, 1.54) is 11.0 Å². The van der Waals surface area contributed by atoms with E-state index in [-0.39, 0.29) is 22.7 Å². The molecule has 1 amide bonds. The van der Waals surface area contributed by atoms with Crippen molar-refractivity contribution in [3.8, 4) is 0 Å². The van der Waals surface area contributed by atoms with Crippen LogP contribution in [0.4, 0.5) is 22.0 Å². The van der Waals surface area contributed by atoms with Crippen LogP contribution in [0.3, 0.4) is 0 Å². The van der Waals surface area contributed by atoms with E-state index in [0.717, 1.165) is 5.56 Å². The minimum atomic E-state index is -0.767. The number of aromatic nitrogens is 1. The zero-order valence-corrected chi connectivity index (χ0v) is 16.2. The fourth-order valence-electron chi connectivity index (χ4n) is 2.24. The second-order valence-corrected chi connectivity index (χ2v) is 7.32. The van der Waals surface area contributed by atoms with Gasteiger partial charge in [0.15, 0.2) is 0 Å². The standard InChI is InChI=1S/C17H19BrN4O4/c1-17(2,3)26-16(23)21(10-11-7-5-4-6-8-11)12-9-13(18)20-15(19)14(12)22(24)25/h4-9H,10H2,1-3H3,(H2,19,20). The fourth-order valence-corrected chi connectivity index (χ4v) is 2.64. The number of pyridine rings is 1. The summed E-state index contributed by atoms with van der Waals surface area (Å²) in [4.78, 5) is 28.7. The normalized spacial score (nSPS) is 11.1. The Kier molecular flexibility index (Phi) is 5.81. The lowest BCUT2D eigenvalue weighted by Gasteiger charge is -2.27. The Bertz CT molecular complexity index is 822. The van der Waals surface area contributed by atoms with Gasteiger partial charge in [0.25, 0.3) is 0 Å². The lowest BCUT2D eigenvalue weighted by atomic mass is 10.2. The molecule has 0 aliphatic rings. The molecule has 0 atom stereocenters. The molecular formula is C17H19BrN4O4. The number of nitrogen functional groups attached to an aromatic ring is 1. The lowest BCUT2D eigenvalue weighted by molar-refractivity contribution is -0.383. The van der Waals surface area contributed by atoms with Gasteiger partial charge in [0.1, 0.15) is 15.9 Å². The molecule has 2 aromatic rings. The number of carbonyl (C=O) groups is 1. The number of benzene rings is 1. The van der Waals surface area contributed by atoms with Gasteiger partial charge in [0, 0.05) is 6.07 Å². The second-order valence-electron chi connectivity index (χ2n) is 6.51. The van der Waals surface area contributed by atoms with Gasteiger partial charge in [-0.1, -0.05) is 30.3 Å². The van der Waals surface area contributed by atoms with Crippen molar-refractivity contribution in [1.82, 2.24) is 4.98 Å². The smallest absolute Gasteiger partial charge is 0.415 e. The highest BCUT2D eigenvalue weighted by atomic mass is 79.9. The number of nitro groups is 1. The fraction of sp³-hybridized carbons (Fsp3) is 0.294. The van der Waals surface area contributed by atoms with Crippen LogP contribution in [0.2, 0.25) is 0 Å². The Morgan fingerprint density at radius 1 is 1.35 bits per heavy atom. The molecule has 1 heterocycles. The predicted octanol–water partition coefficient (Wildman–Crippen LogP) is 4.28. The first kappa shape index (κ1) is 19.6. The van der Waals surface area contributed by atoms with Crippen LogP contribution in [0.5, 0.6) is 0 Å². The van der Waals surface area contributed by atoms with E-state index in [9.17, 15) is 14.9 Å². The molecule has 1 aromatic carbocycles. The van der Waals surface area contributed by atoms with Gasteiger partial charge in [0.2, 0.25) is 5.82 Å². The van der Waals surface area contributed by atoms with Crippen LogP contribution in [0.15, 0.2) is 41.0 Å². The Labute approximate surface area is 159 Å². The molecule has 0 bridgehead atoms. The molecule has 26 heavy (non-hydrogen) atoms. The molecule has 0 spiro atoms. The quantitative estimate of drug-likeness (QED) is 0.447. The monoisotopic (exact) mass is 422 g/mol. The maximum Gasteiger partial charge on any atom is 0.415 e. The third kappa shape index (κ3) is 4.92. The summed E-state index contributed by atoms with van der Waals surface area (Å²) in [5, 5.41) is 11.5. The number of rotatable bonds is 4. The Morgan fingerprint density at radius 3 is 2.50 bits per heavy atom. The third-order valence-electron chi connectivity index (χ3n) is 3.24. The van der Waals surface area contributed by atoms with E-state index in [1.54, 1.807) is 20.8 Å². The summed E-state index contributed by atoms with van der Waals surface area (Å²) in [6.45, 7) is 5.23. The van der Waals surface area contributed by atoms with Gasteiger partial charge in [0.05, 0.1) is 11.5 Å². The molecule has 0 aliphatic heterocycles. The van der Waals surface area contributed by atoms with Crippen molar-refractivity contribution in [2.75, 3.05) is 10.6 Å². The van der Waals surface area contributed by atoms with E-state index in [2.05, 4.69) is 20.9 Å². The maximum absolute atomic E-state index is 12.8. The molecule has 0 aliphatic carbocycles. The first-order valence-electron chi connectivity index (χ1n) is 7.73. The average molecular weight is 423 g/mol. The SMILES string of the molecule is CC(C)(C)OC(=O)N(Cc1ccccc1)c1cc(Br)nc(N)c1[N+](=O)[O-]. The summed E-state index contributed by atoms with van der Waals surface area (Å²) in [7, 11) is 0. The van der Waals surface area contributed by atoms with Crippen molar-refractivity contribution in [3.63, 3.8) is 0 Å². The van der Waals surface area contributed by atoms with Gasteiger partial charge in [-0.3, -0.25) is 15.0 Å². The van der Waals surface area contributed by atoms with Gasteiger partial charge < -0.3 is 10.5 Å². The van der Waals surface area contributed by atoms with Gasteiger partial charge in [-0.25, -0.2) is 9.78 Å². The number of nitrogens with zero attached hydrogens (tertiary/aromatic N) is 3. The minimum Gasteiger partial charge on any atom is -0.443 e. The Balaban J connectivity index is 2.57. The van der Waals surface area contributed by atoms with Gasteiger partial charge in [-0.2, -0.15) is 0 Å². The topological polar surface area (TPSA) is 112 Å². The molecular weight excluding hydrogens is 404 g/mol. The van der Waals surface area contributed by atoms with E-state index < -0.39 is 22.3 Å². The Morgan fingerprint density at radius 2 is 1.96 bits per heavy atom. The number of hydrogen-bond acceptors (Lipinski definition) is 6. The van der Waals surface area contributed by atoms with E-state index in [0.29, 0.717) is 0 Å². The van der Waals surface area contributed by atoms with E-state index in [4.69, 9.17) is 10.5 Å². The Hall–Kier alpha value is -2.68. The summed E-state index contributed by atoms with van der Waals surface area (Å²) in [5.74, 6) is -0.291. The van der Waals surface area contributed by atoms with Gasteiger partial charge >= 0.3 is 11.8 Å². The number of anilines is 2. The highest BCUT2D eigenvalue weighted by molar-refractivity contribution is 9.10. The zero-order chi connectivity index (χ0) is 19.5. The summed E-state index contributed by atoms with van der Waals surface area (Å²) in [6, 6.07) is 10.5. The highest BCUT2D eigenvalue weighted by Crippen LogP contribution is 2.36. The average Bonchev–Trinajstić information content (AvgIpc) is 2.50. The summed E-state index contributed by atoms with van der Waals surface area (Å²) < 4.78 is 5.70. The predicted molar refractivity (Wildman–Crippen MR) is 102 cm³/mol. The molecule has 0 saturated heterocycles. The minimum absolute atomic E-state index is 0.00692. The van der Waals surface area contributed by atoms with Crippen molar-refractivity contribution in [2.24, 2.45) is 0 Å². The number of ether oxygens (including phenoxy) is 1. The third-order valence-corrected chi connectivity index (χ3v) is 3.65. The van der Waals surface area contributed by atoms with Crippen molar-refractivity contribution in [3.05, 3.63) is 56.7 Å². The number of nitrogens with two attached hydrogens (primary N) is 1. The van der Waals surface area contributed by atoms with Crippen LogP contribution >= 0.6 is 15.9 Å². The molecule has 9 heteroatoms. The lowest BCUT2D eigenvalue weighted by Crippen LogP contribution is -2.37. The summed E-state index contributed by atoms with van der Waals surface area (Å²) >= 11 is 3.17. The number of halogens is 1. The first-order valence-corrected chi connectivity index (χ1v) is 8.52. The van der Waals surface area contributed by atoms with Crippen LogP contribution in [-0.2, 0) is 11.3 Å². The maximum atomic E-state index is 12.8. The molecule has 0 unspecified atom stereocenters. The number of carbonyl (C=O) groups excluding carboxylic acids is 1. The van der Waals surface area contributed by atoms with Crippen molar-refractivity contribution in [1.29, 1.82) is 0 Å². The van der Waals surface area contributed by atoms with E-state index in [1.807, 2.05) is 30.3 Å². The van der Waals surface area contributed by atoms with Crippen molar-refractivity contribution < 1.29 is 14.5 Å². The van der Waals surface area contributed by atoms with Crippen LogP contribution < -0.4 is 10.6 Å².